The van der Waals surface area contributed by atoms with Crippen LogP contribution in [0.1, 0.15) is 18.4 Å². The summed E-state index contributed by atoms with van der Waals surface area (Å²) < 4.78 is 12.7. The highest BCUT2D eigenvalue weighted by Gasteiger charge is 2.11. The monoisotopic (exact) mass is 253 g/mol. The molecule has 0 spiro atoms. The highest BCUT2D eigenvalue weighted by atomic mass is 19.1. The Morgan fingerprint density at radius 3 is 2.61 bits per heavy atom. The van der Waals surface area contributed by atoms with Gasteiger partial charge in [-0.2, -0.15) is 0 Å². The molecule has 0 saturated heterocycles. The highest BCUT2D eigenvalue weighted by molar-refractivity contribution is 5.81. The molecule has 0 radical (unpaired) electrons. The van der Waals surface area contributed by atoms with E-state index in [0.29, 0.717) is 25.9 Å². The molecule has 0 aliphatic carbocycles. The Morgan fingerprint density at radius 1 is 1.33 bits per heavy atom. The van der Waals surface area contributed by atoms with E-state index >= 15 is 0 Å². The number of hydrogen-bond acceptors (Lipinski definition) is 3. The lowest BCUT2D eigenvalue weighted by atomic mass is 10.1. The Balaban J connectivity index is 2.24. The predicted octanol–water partition coefficient (Wildman–Crippen LogP) is 0.551. The summed E-state index contributed by atoms with van der Waals surface area (Å²) in [6.45, 7) is 1.04. The first-order chi connectivity index (χ1) is 8.63. The van der Waals surface area contributed by atoms with E-state index in [4.69, 9.17) is 11.5 Å². The first kappa shape index (κ1) is 14.6. The Hall–Kier alpha value is -1.46. The largest absolute Gasteiger partial charge is 0.354 e. The number of nitrogens with two attached hydrogens (primary N) is 2. The van der Waals surface area contributed by atoms with Crippen molar-refractivity contribution in [3.05, 3.63) is 35.6 Å². The van der Waals surface area contributed by atoms with Crippen LogP contribution in [-0.2, 0) is 11.2 Å². The minimum absolute atomic E-state index is 0.162. The second-order valence-corrected chi connectivity index (χ2v) is 4.20. The summed E-state index contributed by atoms with van der Waals surface area (Å²) in [5, 5.41) is 2.76. The lowest BCUT2D eigenvalue weighted by Crippen LogP contribution is -2.41. The van der Waals surface area contributed by atoms with Crippen LogP contribution >= 0.6 is 0 Å². The van der Waals surface area contributed by atoms with E-state index in [1.54, 1.807) is 12.1 Å². The second kappa shape index (κ2) is 7.79. The fourth-order valence-corrected chi connectivity index (χ4v) is 1.58. The average molecular weight is 253 g/mol. The van der Waals surface area contributed by atoms with Crippen molar-refractivity contribution in [2.45, 2.75) is 25.3 Å². The number of carbonyl (C=O) groups is 1. The van der Waals surface area contributed by atoms with Crippen LogP contribution in [0.25, 0.3) is 0 Å². The molecule has 1 amide bonds. The summed E-state index contributed by atoms with van der Waals surface area (Å²) in [6.07, 6.45) is 2.00. The van der Waals surface area contributed by atoms with Crippen molar-refractivity contribution in [3.8, 4) is 0 Å². The predicted molar refractivity (Wildman–Crippen MR) is 69.4 cm³/mol. The van der Waals surface area contributed by atoms with Gasteiger partial charge in [0.1, 0.15) is 5.82 Å². The van der Waals surface area contributed by atoms with Crippen molar-refractivity contribution in [3.63, 3.8) is 0 Å². The molecule has 0 aromatic heterocycles. The molecule has 0 heterocycles. The number of amides is 1. The third-order valence-electron chi connectivity index (χ3n) is 2.68. The maximum Gasteiger partial charge on any atom is 0.236 e. The van der Waals surface area contributed by atoms with Gasteiger partial charge in [0.15, 0.2) is 0 Å². The fraction of sp³-hybridized carbons (Fsp3) is 0.462. The Bertz CT molecular complexity index is 367. The molecule has 0 saturated carbocycles. The van der Waals surface area contributed by atoms with Crippen LogP contribution in [0.15, 0.2) is 24.3 Å². The van der Waals surface area contributed by atoms with Gasteiger partial charge in [0.2, 0.25) is 5.91 Å². The van der Waals surface area contributed by atoms with Crippen molar-refractivity contribution in [1.29, 1.82) is 0 Å². The van der Waals surface area contributed by atoms with Crippen LogP contribution in [0.3, 0.4) is 0 Å². The molecule has 1 atom stereocenters. The molecule has 18 heavy (non-hydrogen) atoms. The molecule has 1 aromatic carbocycles. The molecule has 1 rings (SSSR count). The zero-order chi connectivity index (χ0) is 13.4. The van der Waals surface area contributed by atoms with Gasteiger partial charge in [-0.05, 0) is 43.5 Å². The van der Waals surface area contributed by atoms with Gasteiger partial charge in [-0.3, -0.25) is 4.79 Å². The molecule has 0 aliphatic rings. The number of nitrogens with one attached hydrogen (secondary N) is 1. The smallest absolute Gasteiger partial charge is 0.236 e. The van der Waals surface area contributed by atoms with E-state index in [1.807, 2.05) is 0 Å². The van der Waals surface area contributed by atoms with Crippen LogP contribution < -0.4 is 16.8 Å². The van der Waals surface area contributed by atoms with Crippen LogP contribution in [0.4, 0.5) is 4.39 Å². The van der Waals surface area contributed by atoms with E-state index in [1.165, 1.54) is 12.1 Å². The van der Waals surface area contributed by atoms with Crippen molar-refractivity contribution < 1.29 is 9.18 Å². The Morgan fingerprint density at radius 2 is 2.00 bits per heavy atom. The summed E-state index contributed by atoms with van der Waals surface area (Å²) in [4.78, 5) is 11.6. The number of halogens is 1. The minimum Gasteiger partial charge on any atom is -0.354 e. The molecule has 0 fully saturated rings. The van der Waals surface area contributed by atoms with Crippen molar-refractivity contribution in [2.24, 2.45) is 11.5 Å². The normalized spacial score (nSPS) is 12.2. The van der Waals surface area contributed by atoms with Gasteiger partial charge < -0.3 is 16.8 Å². The third kappa shape index (κ3) is 5.25. The van der Waals surface area contributed by atoms with Gasteiger partial charge in [-0.1, -0.05) is 12.1 Å². The Labute approximate surface area is 107 Å². The van der Waals surface area contributed by atoms with Gasteiger partial charge >= 0.3 is 0 Å². The number of carbonyl (C=O) groups excluding carboxylic acids is 1. The number of hydrogen-bond donors (Lipinski definition) is 3. The van der Waals surface area contributed by atoms with E-state index in [9.17, 15) is 9.18 Å². The number of rotatable bonds is 7. The first-order valence-corrected chi connectivity index (χ1v) is 6.11. The van der Waals surface area contributed by atoms with Gasteiger partial charge in [-0.25, -0.2) is 4.39 Å². The zero-order valence-corrected chi connectivity index (χ0v) is 10.4. The van der Waals surface area contributed by atoms with Crippen LogP contribution in [-0.4, -0.2) is 25.0 Å². The topological polar surface area (TPSA) is 81.1 Å². The Kier molecular flexibility index (Phi) is 6.32. The molecule has 0 aliphatic heterocycles. The van der Waals surface area contributed by atoms with E-state index in [2.05, 4.69) is 5.32 Å². The van der Waals surface area contributed by atoms with Gasteiger partial charge in [0, 0.05) is 6.54 Å². The quantitative estimate of drug-likeness (QED) is 0.664. The average Bonchev–Trinajstić information content (AvgIpc) is 2.38. The van der Waals surface area contributed by atoms with Crippen molar-refractivity contribution in [1.82, 2.24) is 5.32 Å². The van der Waals surface area contributed by atoms with E-state index < -0.39 is 6.04 Å². The fourth-order valence-electron chi connectivity index (χ4n) is 1.58. The second-order valence-electron chi connectivity index (χ2n) is 4.20. The lowest BCUT2D eigenvalue weighted by molar-refractivity contribution is -0.122. The first-order valence-electron chi connectivity index (χ1n) is 6.11. The molecule has 5 N–H and O–H groups in total. The highest BCUT2D eigenvalue weighted by Crippen LogP contribution is 2.02. The summed E-state index contributed by atoms with van der Waals surface area (Å²) in [6, 6.07) is 5.72. The lowest BCUT2D eigenvalue weighted by Gasteiger charge is -2.11. The molecule has 5 heteroatoms. The molecular formula is C13H20FN3O. The van der Waals surface area contributed by atoms with Crippen LogP contribution in [0.2, 0.25) is 0 Å². The summed E-state index contributed by atoms with van der Waals surface area (Å²) >= 11 is 0. The van der Waals surface area contributed by atoms with Gasteiger partial charge in [0.25, 0.3) is 0 Å². The van der Waals surface area contributed by atoms with Gasteiger partial charge in [0.05, 0.1) is 6.04 Å². The maximum atomic E-state index is 12.7. The summed E-state index contributed by atoms with van der Waals surface area (Å²) in [7, 11) is 0. The molecular weight excluding hydrogens is 233 g/mol. The van der Waals surface area contributed by atoms with Crippen LogP contribution in [0, 0.1) is 5.82 Å². The van der Waals surface area contributed by atoms with Gasteiger partial charge in [-0.15, -0.1) is 0 Å². The zero-order valence-electron chi connectivity index (χ0n) is 10.4. The minimum atomic E-state index is -0.498. The maximum absolute atomic E-state index is 12.7. The van der Waals surface area contributed by atoms with Crippen LogP contribution in [0.5, 0.6) is 0 Å². The third-order valence-corrected chi connectivity index (χ3v) is 2.68. The van der Waals surface area contributed by atoms with E-state index in [-0.39, 0.29) is 11.7 Å². The summed E-state index contributed by atoms with van der Waals surface area (Å²) in [5.41, 5.74) is 12.0. The van der Waals surface area contributed by atoms with Crippen molar-refractivity contribution >= 4 is 5.91 Å². The molecule has 100 valence electrons. The molecule has 1 aromatic rings. The van der Waals surface area contributed by atoms with Crippen molar-refractivity contribution in [2.75, 3.05) is 13.1 Å². The molecule has 4 nitrogen and oxygen atoms in total. The SMILES string of the molecule is NCCC[C@H](N)C(=O)NCCc1ccc(F)cc1. The standard InChI is InChI=1S/C13H20FN3O/c14-11-5-3-10(4-6-11)7-9-17-13(18)12(16)2-1-8-15/h3-6,12H,1-2,7-9,15-16H2,(H,17,18)/t12-/m0/s1. The molecule has 0 unspecified atom stereocenters. The molecule has 0 bridgehead atoms. The van der Waals surface area contributed by atoms with E-state index in [0.717, 1.165) is 12.0 Å². The number of benzene rings is 1. The summed E-state index contributed by atoms with van der Waals surface area (Å²) in [5.74, 6) is -0.419.